The number of rotatable bonds is 8. The largest absolute Gasteiger partial charge is 0.396 e. The number of aliphatic hydroxyl groups excluding tert-OH is 1. The van der Waals surface area contributed by atoms with Crippen LogP contribution in [-0.2, 0) is 4.79 Å². The maximum atomic E-state index is 12.0. The average molecular weight is 270 g/mol. The van der Waals surface area contributed by atoms with Crippen LogP contribution in [0.5, 0.6) is 0 Å². The van der Waals surface area contributed by atoms with Crippen molar-refractivity contribution in [3.8, 4) is 0 Å². The lowest BCUT2D eigenvalue weighted by molar-refractivity contribution is -0.123. The molecule has 2 atom stereocenters. The number of hydrogen-bond acceptors (Lipinski definition) is 3. The van der Waals surface area contributed by atoms with E-state index in [0.717, 1.165) is 32.2 Å². The molecule has 1 rings (SSSR count). The minimum absolute atomic E-state index is 0.00355. The number of amides is 1. The summed E-state index contributed by atoms with van der Waals surface area (Å²) in [5, 5.41) is 15.9. The van der Waals surface area contributed by atoms with Gasteiger partial charge in [0.25, 0.3) is 0 Å². The lowest BCUT2D eigenvalue weighted by Crippen LogP contribution is -2.48. The summed E-state index contributed by atoms with van der Waals surface area (Å²) in [6, 6.07) is 0.0448. The lowest BCUT2D eigenvalue weighted by atomic mass is 9.87. The maximum Gasteiger partial charge on any atom is 0.237 e. The van der Waals surface area contributed by atoms with Crippen molar-refractivity contribution in [1.82, 2.24) is 10.6 Å². The van der Waals surface area contributed by atoms with Crippen molar-refractivity contribution in [2.24, 2.45) is 5.41 Å². The van der Waals surface area contributed by atoms with Gasteiger partial charge in [-0.25, -0.2) is 0 Å². The van der Waals surface area contributed by atoms with Crippen LogP contribution in [0.4, 0.5) is 0 Å². The predicted molar refractivity (Wildman–Crippen MR) is 78.0 cm³/mol. The number of hydrogen-bond donors (Lipinski definition) is 3. The van der Waals surface area contributed by atoms with Crippen LogP contribution in [-0.4, -0.2) is 36.2 Å². The van der Waals surface area contributed by atoms with E-state index in [4.69, 9.17) is 0 Å². The standard InChI is InChI=1S/C15H30N2O2/c1-4-7-12(2)17-14(19)13(3)16-10-15(11-18)8-5-6-9-15/h12-13,16,18H,4-11H2,1-3H3,(H,17,19). The second-order valence-electron chi connectivity index (χ2n) is 6.17. The van der Waals surface area contributed by atoms with Crippen LogP contribution in [0.2, 0.25) is 0 Å². The molecule has 0 bridgehead atoms. The van der Waals surface area contributed by atoms with E-state index in [1.807, 2.05) is 13.8 Å². The molecule has 4 heteroatoms. The van der Waals surface area contributed by atoms with Crippen LogP contribution in [0.25, 0.3) is 0 Å². The molecule has 1 saturated carbocycles. The summed E-state index contributed by atoms with van der Waals surface area (Å²) in [5.41, 5.74) is 0.00355. The molecule has 19 heavy (non-hydrogen) atoms. The summed E-state index contributed by atoms with van der Waals surface area (Å²) in [5.74, 6) is 0.0621. The van der Waals surface area contributed by atoms with Gasteiger partial charge in [-0.2, -0.15) is 0 Å². The van der Waals surface area contributed by atoms with Crippen molar-refractivity contribution < 1.29 is 9.90 Å². The van der Waals surface area contributed by atoms with Crippen LogP contribution in [0, 0.1) is 5.41 Å². The molecule has 1 aliphatic rings. The highest BCUT2D eigenvalue weighted by molar-refractivity contribution is 5.81. The molecule has 1 fully saturated rings. The number of nitrogens with one attached hydrogen (secondary N) is 2. The molecular formula is C15H30N2O2. The van der Waals surface area contributed by atoms with E-state index in [-0.39, 0.29) is 30.0 Å². The third-order valence-corrected chi connectivity index (χ3v) is 4.29. The van der Waals surface area contributed by atoms with Gasteiger partial charge >= 0.3 is 0 Å². The minimum Gasteiger partial charge on any atom is -0.396 e. The molecule has 3 N–H and O–H groups in total. The molecule has 0 aromatic rings. The van der Waals surface area contributed by atoms with Gasteiger partial charge in [-0.05, 0) is 33.1 Å². The smallest absolute Gasteiger partial charge is 0.237 e. The van der Waals surface area contributed by atoms with Crippen molar-refractivity contribution in [1.29, 1.82) is 0 Å². The zero-order valence-corrected chi connectivity index (χ0v) is 12.7. The fraction of sp³-hybridized carbons (Fsp3) is 0.933. The van der Waals surface area contributed by atoms with E-state index < -0.39 is 0 Å². The number of carbonyl (C=O) groups is 1. The summed E-state index contributed by atoms with van der Waals surface area (Å²) >= 11 is 0. The molecule has 2 unspecified atom stereocenters. The molecule has 0 aromatic carbocycles. The zero-order chi connectivity index (χ0) is 14.3. The van der Waals surface area contributed by atoms with E-state index in [2.05, 4.69) is 17.6 Å². The Labute approximate surface area is 117 Å². The van der Waals surface area contributed by atoms with Crippen LogP contribution < -0.4 is 10.6 Å². The SMILES string of the molecule is CCCC(C)NC(=O)C(C)NCC1(CO)CCCC1. The molecular weight excluding hydrogens is 240 g/mol. The van der Waals surface area contributed by atoms with E-state index in [1.54, 1.807) is 0 Å². The van der Waals surface area contributed by atoms with Gasteiger partial charge in [0.1, 0.15) is 0 Å². The van der Waals surface area contributed by atoms with Gasteiger partial charge in [0.2, 0.25) is 5.91 Å². The van der Waals surface area contributed by atoms with Gasteiger partial charge in [0.05, 0.1) is 6.04 Å². The topological polar surface area (TPSA) is 61.4 Å². The first kappa shape index (κ1) is 16.4. The average Bonchev–Trinajstić information content (AvgIpc) is 2.85. The van der Waals surface area contributed by atoms with Crippen molar-refractivity contribution in [3.63, 3.8) is 0 Å². The minimum atomic E-state index is -0.191. The molecule has 1 amide bonds. The Balaban J connectivity index is 2.33. The highest BCUT2D eigenvalue weighted by Gasteiger charge is 2.33. The Hall–Kier alpha value is -0.610. The Morgan fingerprint density at radius 1 is 1.32 bits per heavy atom. The highest BCUT2D eigenvalue weighted by atomic mass is 16.3. The van der Waals surface area contributed by atoms with Gasteiger partial charge in [-0.15, -0.1) is 0 Å². The van der Waals surface area contributed by atoms with Crippen LogP contribution in [0.3, 0.4) is 0 Å². The van der Waals surface area contributed by atoms with E-state index in [9.17, 15) is 9.90 Å². The van der Waals surface area contributed by atoms with Crippen molar-refractivity contribution in [3.05, 3.63) is 0 Å². The van der Waals surface area contributed by atoms with E-state index in [0.29, 0.717) is 0 Å². The molecule has 0 radical (unpaired) electrons. The fourth-order valence-corrected chi connectivity index (χ4v) is 2.85. The second kappa shape index (κ2) is 7.85. The number of carbonyl (C=O) groups excluding carboxylic acids is 1. The number of aliphatic hydroxyl groups is 1. The van der Waals surface area contributed by atoms with Gasteiger partial charge in [0.15, 0.2) is 0 Å². The van der Waals surface area contributed by atoms with Gasteiger partial charge in [-0.1, -0.05) is 26.2 Å². The van der Waals surface area contributed by atoms with Crippen molar-refractivity contribution >= 4 is 5.91 Å². The summed E-state index contributed by atoms with van der Waals surface area (Å²) < 4.78 is 0. The first-order valence-electron chi connectivity index (χ1n) is 7.67. The Bertz CT molecular complexity index is 275. The third kappa shape index (κ3) is 5.11. The van der Waals surface area contributed by atoms with Gasteiger partial charge in [-0.3, -0.25) is 4.79 Å². The Kier molecular flexibility index (Phi) is 6.80. The summed E-state index contributed by atoms with van der Waals surface area (Å²) in [7, 11) is 0. The molecule has 0 aromatic heterocycles. The van der Waals surface area contributed by atoms with Gasteiger partial charge < -0.3 is 15.7 Å². The Morgan fingerprint density at radius 3 is 2.47 bits per heavy atom. The molecule has 0 heterocycles. The van der Waals surface area contributed by atoms with Crippen molar-refractivity contribution in [2.75, 3.05) is 13.2 Å². The van der Waals surface area contributed by atoms with Crippen molar-refractivity contribution in [2.45, 2.75) is 71.4 Å². The normalized spacial score (nSPS) is 21.1. The maximum absolute atomic E-state index is 12.0. The van der Waals surface area contributed by atoms with E-state index >= 15 is 0 Å². The first-order valence-corrected chi connectivity index (χ1v) is 7.67. The lowest BCUT2D eigenvalue weighted by Gasteiger charge is -2.28. The predicted octanol–water partition coefficient (Wildman–Crippen LogP) is 1.82. The zero-order valence-electron chi connectivity index (χ0n) is 12.7. The third-order valence-electron chi connectivity index (χ3n) is 4.29. The molecule has 0 saturated heterocycles. The molecule has 4 nitrogen and oxygen atoms in total. The van der Waals surface area contributed by atoms with Gasteiger partial charge in [0, 0.05) is 24.6 Å². The fourth-order valence-electron chi connectivity index (χ4n) is 2.85. The van der Waals surface area contributed by atoms with Crippen LogP contribution in [0.15, 0.2) is 0 Å². The molecule has 0 spiro atoms. The highest BCUT2D eigenvalue weighted by Crippen LogP contribution is 2.36. The summed E-state index contributed by atoms with van der Waals surface area (Å²) in [6.45, 7) is 7.02. The quantitative estimate of drug-likeness (QED) is 0.630. The van der Waals surface area contributed by atoms with E-state index in [1.165, 1.54) is 12.8 Å². The summed E-state index contributed by atoms with van der Waals surface area (Å²) in [4.78, 5) is 12.0. The summed E-state index contributed by atoms with van der Waals surface area (Å²) in [6.07, 6.45) is 6.61. The molecule has 0 aliphatic heterocycles. The monoisotopic (exact) mass is 270 g/mol. The van der Waals surface area contributed by atoms with Crippen LogP contribution in [0.1, 0.15) is 59.3 Å². The van der Waals surface area contributed by atoms with Crippen LogP contribution >= 0.6 is 0 Å². The first-order chi connectivity index (χ1) is 9.03. The molecule has 112 valence electrons. The Morgan fingerprint density at radius 2 is 1.95 bits per heavy atom. The molecule has 1 aliphatic carbocycles. The second-order valence-corrected chi connectivity index (χ2v) is 6.17.